The SMILES string of the molecule is COc1ccsc1CNC(C)CN(C)C. The molecule has 86 valence electrons. The molecule has 1 N–H and O–H groups in total. The fraction of sp³-hybridized carbons (Fsp3) is 0.636. The number of methoxy groups -OCH3 is 1. The highest BCUT2D eigenvalue weighted by Crippen LogP contribution is 2.23. The Bertz CT molecular complexity index is 286. The molecule has 3 nitrogen and oxygen atoms in total. The molecule has 1 aromatic heterocycles. The van der Waals surface area contributed by atoms with Crippen LogP contribution >= 0.6 is 11.3 Å². The molecule has 0 aliphatic rings. The van der Waals surface area contributed by atoms with E-state index in [2.05, 4.69) is 36.6 Å². The number of nitrogens with zero attached hydrogens (tertiary/aromatic N) is 1. The molecule has 1 aromatic rings. The van der Waals surface area contributed by atoms with Crippen molar-refractivity contribution in [1.82, 2.24) is 10.2 Å². The lowest BCUT2D eigenvalue weighted by atomic mass is 10.3. The minimum atomic E-state index is 0.492. The molecule has 0 amide bonds. The van der Waals surface area contributed by atoms with Crippen LogP contribution in [0.4, 0.5) is 0 Å². The van der Waals surface area contributed by atoms with Crippen molar-refractivity contribution in [3.8, 4) is 5.75 Å². The number of hydrogen-bond acceptors (Lipinski definition) is 4. The van der Waals surface area contributed by atoms with Gasteiger partial charge in [-0.2, -0.15) is 0 Å². The zero-order chi connectivity index (χ0) is 11.3. The van der Waals surface area contributed by atoms with Gasteiger partial charge in [-0.3, -0.25) is 0 Å². The molecule has 0 aliphatic heterocycles. The van der Waals surface area contributed by atoms with Gasteiger partial charge in [-0.1, -0.05) is 0 Å². The van der Waals surface area contributed by atoms with Gasteiger partial charge in [-0.25, -0.2) is 0 Å². The highest BCUT2D eigenvalue weighted by molar-refractivity contribution is 7.10. The maximum atomic E-state index is 5.26. The summed E-state index contributed by atoms with van der Waals surface area (Å²) in [5, 5.41) is 5.54. The van der Waals surface area contributed by atoms with Gasteiger partial charge >= 0.3 is 0 Å². The standard InChI is InChI=1S/C11H20N2OS/c1-9(8-13(2)3)12-7-11-10(14-4)5-6-15-11/h5-6,9,12H,7-8H2,1-4H3. The first-order chi connectivity index (χ1) is 7.13. The van der Waals surface area contributed by atoms with E-state index in [1.807, 2.05) is 6.07 Å². The first-order valence-corrected chi connectivity index (χ1v) is 6.00. The highest BCUT2D eigenvalue weighted by Gasteiger charge is 2.07. The van der Waals surface area contributed by atoms with Crippen LogP contribution in [0, 0.1) is 0 Å². The summed E-state index contributed by atoms with van der Waals surface area (Å²) >= 11 is 1.73. The maximum absolute atomic E-state index is 5.26. The maximum Gasteiger partial charge on any atom is 0.134 e. The molecule has 0 saturated heterocycles. The molecule has 0 fully saturated rings. The van der Waals surface area contributed by atoms with Crippen molar-refractivity contribution in [1.29, 1.82) is 0 Å². The summed E-state index contributed by atoms with van der Waals surface area (Å²) in [5.74, 6) is 0.990. The number of likely N-dealkylation sites (N-methyl/N-ethyl adjacent to an activating group) is 1. The third kappa shape index (κ3) is 4.20. The van der Waals surface area contributed by atoms with Crippen molar-refractivity contribution in [2.45, 2.75) is 19.5 Å². The molecule has 1 unspecified atom stereocenters. The minimum absolute atomic E-state index is 0.492. The lowest BCUT2D eigenvalue weighted by Crippen LogP contribution is -2.35. The van der Waals surface area contributed by atoms with Crippen LogP contribution in [0.2, 0.25) is 0 Å². The van der Waals surface area contributed by atoms with Gasteiger partial charge in [0.15, 0.2) is 0 Å². The zero-order valence-corrected chi connectivity index (χ0v) is 10.7. The van der Waals surface area contributed by atoms with Crippen molar-refractivity contribution in [2.24, 2.45) is 0 Å². The smallest absolute Gasteiger partial charge is 0.134 e. The van der Waals surface area contributed by atoms with Crippen LogP contribution in [0.5, 0.6) is 5.75 Å². The van der Waals surface area contributed by atoms with Crippen LogP contribution in [0.1, 0.15) is 11.8 Å². The van der Waals surface area contributed by atoms with Gasteiger partial charge in [0, 0.05) is 19.1 Å². The van der Waals surface area contributed by atoms with Crippen LogP contribution in [-0.2, 0) is 6.54 Å². The molecule has 1 heterocycles. The lowest BCUT2D eigenvalue weighted by Gasteiger charge is -2.18. The van der Waals surface area contributed by atoms with Crippen LogP contribution in [0.25, 0.3) is 0 Å². The van der Waals surface area contributed by atoms with Crippen LogP contribution in [-0.4, -0.2) is 38.7 Å². The molecule has 1 atom stereocenters. The second-order valence-electron chi connectivity index (χ2n) is 3.96. The average molecular weight is 228 g/mol. The van der Waals surface area contributed by atoms with Gasteiger partial charge in [-0.15, -0.1) is 11.3 Å². The third-order valence-electron chi connectivity index (χ3n) is 2.17. The predicted molar refractivity (Wildman–Crippen MR) is 65.7 cm³/mol. The number of thiophene rings is 1. The molecule has 0 saturated carbocycles. The summed E-state index contributed by atoms with van der Waals surface area (Å²) < 4.78 is 5.26. The molecular formula is C11H20N2OS. The van der Waals surface area contributed by atoms with Crippen molar-refractivity contribution in [2.75, 3.05) is 27.7 Å². The van der Waals surface area contributed by atoms with Crippen molar-refractivity contribution < 1.29 is 4.74 Å². The number of hydrogen-bond donors (Lipinski definition) is 1. The Morgan fingerprint density at radius 1 is 1.53 bits per heavy atom. The largest absolute Gasteiger partial charge is 0.496 e. The van der Waals surface area contributed by atoms with E-state index in [1.54, 1.807) is 18.4 Å². The summed E-state index contributed by atoms with van der Waals surface area (Å²) in [6.45, 7) is 4.13. The van der Waals surface area contributed by atoms with E-state index in [9.17, 15) is 0 Å². The molecular weight excluding hydrogens is 208 g/mol. The van der Waals surface area contributed by atoms with Gasteiger partial charge in [0.2, 0.25) is 0 Å². The van der Waals surface area contributed by atoms with Crippen molar-refractivity contribution in [3.63, 3.8) is 0 Å². The topological polar surface area (TPSA) is 24.5 Å². The Morgan fingerprint density at radius 3 is 2.87 bits per heavy atom. The quantitative estimate of drug-likeness (QED) is 0.803. The number of rotatable bonds is 6. The van der Waals surface area contributed by atoms with Gasteiger partial charge in [0.1, 0.15) is 5.75 Å². The minimum Gasteiger partial charge on any atom is -0.496 e. The van der Waals surface area contributed by atoms with Crippen LogP contribution in [0.3, 0.4) is 0 Å². The van der Waals surface area contributed by atoms with E-state index in [0.717, 1.165) is 18.8 Å². The summed E-state index contributed by atoms with van der Waals surface area (Å²) in [7, 11) is 5.89. The third-order valence-corrected chi connectivity index (χ3v) is 3.08. The zero-order valence-electron chi connectivity index (χ0n) is 9.91. The van der Waals surface area contributed by atoms with Gasteiger partial charge in [0.25, 0.3) is 0 Å². The first kappa shape index (κ1) is 12.5. The van der Waals surface area contributed by atoms with E-state index in [0.29, 0.717) is 6.04 Å². The van der Waals surface area contributed by atoms with E-state index in [-0.39, 0.29) is 0 Å². The first-order valence-electron chi connectivity index (χ1n) is 5.12. The fourth-order valence-electron chi connectivity index (χ4n) is 1.52. The predicted octanol–water partition coefficient (Wildman–Crippen LogP) is 1.80. The Labute approximate surface area is 96.0 Å². The van der Waals surface area contributed by atoms with Gasteiger partial charge < -0.3 is 15.0 Å². The Kier molecular flexibility index (Phi) is 5.08. The second kappa shape index (κ2) is 6.10. The van der Waals surface area contributed by atoms with E-state index >= 15 is 0 Å². The van der Waals surface area contributed by atoms with Crippen LogP contribution in [0.15, 0.2) is 11.4 Å². The second-order valence-corrected chi connectivity index (χ2v) is 4.96. The normalized spacial score (nSPS) is 13.1. The molecule has 0 spiro atoms. The van der Waals surface area contributed by atoms with Gasteiger partial charge in [-0.05, 0) is 32.5 Å². The summed E-state index contributed by atoms with van der Waals surface area (Å²) in [6, 6.07) is 2.50. The van der Waals surface area contributed by atoms with Gasteiger partial charge in [0.05, 0.1) is 12.0 Å². The number of ether oxygens (including phenoxy) is 1. The lowest BCUT2D eigenvalue weighted by molar-refractivity contribution is 0.347. The summed E-state index contributed by atoms with van der Waals surface area (Å²) in [6.07, 6.45) is 0. The van der Waals surface area contributed by atoms with Crippen LogP contribution < -0.4 is 10.1 Å². The molecule has 0 aliphatic carbocycles. The Morgan fingerprint density at radius 2 is 2.27 bits per heavy atom. The van der Waals surface area contributed by atoms with Crippen molar-refractivity contribution >= 4 is 11.3 Å². The average Bonchev–Trinajstić information content (AvgIpc) is 2.60. The Hall–Kier alpha value is -0.580. The molecule has 0 bridgehead atoms. The number of nitrogens with one attached hydrogen (secondary N) is 1. The molecule has 0 radical (unpaired) electrons. The molecule has 4 heteroatoms. The monoisotopic (exact) mass is 228 g/mol. The van der Waals surface area contributed by atoms with E-state index in [4.69, 9.17) is 4.74 Å². The van der Waals surface area contributed by atoms with E-state index in [1.165, 1.54) is 4.88 Å². The molecule has 15 heavy (non-hydrogen) atoms. The molecule has 0 aromatic carbocycles. The Balaban J connectivity index is 2.36. The molecule has 1 rings (SSSR count). The highest BCUT2D eigenvalue weighted by atomic mass is 32.1. The summed E-state index contributed by atoms with van der Waals surface area (Å²) in [4.78, 5) is 3.45. The summed E-state index contributed by atoms with van der Waals surface area (Å²) in [5.41, 5.74) is 0. The fourth-order valence-corrected chi connectivity index (χ4v) is 2.31. The van der Waals surface area contributed by atoms with Crippen molar-refractivity contribution in [3.05, 3.63) is 16.3 Å². The van der Waals surface area contributed by atoms with E-state index < -0.39 is 0 Å².